The molecule has 0 nitrogen and oxygen atoms in total. The lowest BCUT2D eigenvalue weighted by atomic mass is 9.89. The Bertz CT molecular complexity index is 2030. The minimum absolute atomic E-state index is 0.881. The van der Waals surface area contributed by atoms with Crippen LogP contribution in [-0.2, 0) is 0 Å². The highest BCUT2D eigenvalue weighted by atomic mass is 14.4. The zero-order valence-corrected chi connectivity index (χ0v) is 50.9. The molecule has 16 bridgehead atoms. The normalized spacial score (nSPS) is 44.0. The summed E-state index contributed by atoms with van der Waals surface area (Å²) in [5.74, 6) is 23.0. The molecule has 0 radical (unpaired) electrons. The quantitative estimate of drug-likeness (QED) is 0.135. The smallest absolute Gasteiger partial charge is 0.0165 e. The van der Waals surface area contributed by atoms with E-state index in [2.05, 4.69) is 182 Å². The average Bonchev–Trinajstić information content (AvgIpc) is 4.28. The van der Waals surface area contributed by atoms with E-state index >= 15 is 0 Å². The van der Waals surface area contributed by atoms with Crippen LogP contribution in [0.1, 0.15) is 196 Å². The van der Waals surface area contributed by atoms with Crippen molar-refractivity contribution in [2.24, 2.45) is 142 Å². The van der Waals surface area contributed by atoms with Crippen molar-refractivity contribution in [3.63, 3.8) is 0 Å². The molecule has 8 saturated carbocycles. The summed E-state index contributed by atoms with van der Waals surface area (Å²) in [6.45, 7) is 21.4. The molecule has 16 rings (SSSR count). The van der Waals surface area contributed by atoms with Crippen LogP contribution in [0.4, 0.5) is 0 Å². The van der Waals surface area contributed by atoms with Crippen molar-refractivity contribution in [3.8, 4) is 0 Å². The van der Waals surface area contributed by atoms with Gasteiger partial charge in [0.2, 0.25) is 0 Å². The summed E-state index contributed by atoms with van der Waals surface area (Å²) in [6, 6.07) is 0. The Hall–Kier alpha value is -3.12. The molecule has 24 atom stereocenters. The van der Waals surface area contributed by atoms with E-state index in [4.69, 9.17) is 0 Å². The van der Waals surface area contributed by atoms with Gasteiger partial charge in [-0.1, -0.05) is 175 Å². The molecule has 16 aliphatic carbocycles. The Morgan fingerprint density at radius 1 is 0.346 bits per heavy atom. The Labute approximate surface area is 482 Å². The molecule has 0 N–H and O–H groups in total. The first-order valence-electron chi connectivity index (χ1n) is 34.0. The van der Waals surface area contributed by atoms with Crippen LogP contribution in [-0.4, -0.2) is 0 Å². The van der Waals surface area contributed by atoms with Gasteiger partial charge in [0.25, 0.3) is 0 Å². The molecule has 0 aromatic rings. The molecule has 8 fully saturated rings. The molecule has 0 saturated heterocycles. The molecule has 0 aromatic heterocycles. The van der Waals surface area contributed by atoms with E-state index in [1.807, 2.05) is 6.08 Å². The summed E-state index contributed by atoms with van der Waals surface area (Å²) >= 11 is 0. The van der Waals surface area contributed by atoms with Gasteiger partial charge in [-0.3, -0.25) is 0 Å². The van der Waals surface area contributed by atoms with Crippen LogP contribution < -0.4 is 0 Å². The lowest BCUT2D eigenvalue weighted by Crippen LogP contribution is -2.06. The molecule has 78 heavy (non-hydrogen) atoms. The Kier molecular flexibility index (Phi) is 22.7. The summed E-state index contributed by atoms with van der Waals surface area (Å²) in [5.41, 5.74) is 0. The maximum atomic E-state index is 3.77. The third kappa shape index (κ3) is 16.5. The van der Waals surface area contributed by atoms with Crippen molar-refractivity contribution in [2.45, 2.75) is 196 Å². The van der Waals surface area contributed by atoms with E-state index in [-0.39, 0.29) is 0 Å². The third-order valence-corrected chi connectivity index (χ3v) is 23.3. The van der Waals surface area contributed by atoms with Gasteiger partial charge in [0.1, 0.15) is 0 Å². The molecule has 0 aliphatic heterocycles. The van der Waals surface area contributed by atoms with E-state index in [1.54, 1.807) is 0 Å². The first-order valence-corrected chi connectivity index (χ1v) is 34.0. The second kappa shape index (κ2) is 29.7. The third-order valence-electron chi connectivity index (χ3n) is 23.3. The topological polar surface area (TPSA) is 0 Å². The highest BCUT2D eigenvalue weighted by Gasteiger charge is 2.39. The summed E-state index contributed by atoms with van der Waals surface area (Å²) in [5, 5.41) is 0. The summed E-state index contributed by atoms with van der Waals surface area (Å²) in [6.07, 6.45) is 85.7. The fourth-order valence-electron chi connectivity index (χ4n) is 18.5. The minimum atomic E-state index is 0.881. The van der Waals surface area contributed by atoms with Gasteiger partial charge in [-0.25, -0.2) is 0 Å². The van der Waals surface area contributed by atoms with E-state index in [0.29, 0.717) is 0 Å². The summed E-state index contributed by atoms with van der Waals surface area (Å²) in [7, 11) is 0. The van der Waals surface area contributed by atoms with Crippen molar-refractivity contribution in [2.75, 3.05) is 0 Å². The predicted molar refractivity (Wildman–Crippen MR) is 340 cm³/mol. The van der Waals surface area contributed by atoms with Gasteiger partial charge in [0.05, 0.1) is 0 Å². The molecule has 0 spiro atoms. The SMILES string of the molecule is C/C=C/CC1CC2C=CC1C2.C=CCCC1CC2C=CC1C2.C=CCCCC1CC2C=CC1C2.CC1CC2C=CC1C2.CC1CC2C=CC1C2.CC1CC2C=CC1C2.CC1CC2C=CC1C2.CCC/C=C/C1CC2C=CC1C2. The highest BCUT2D eigenvalue weighted by molar-refractivity contribution is 5.16. The van der Waals surface area contributed by atoms with Gasteiger partial charge in [-0.2, -0.15) is 0 Å². The van der Waals surface area contributed by atoms with Crippen LogP contribution in [0.5, 0.6) is 0 Å². The Morgan fingerprint density at radius 3 is 0.962 bits per heavy atom. The summed E-state index contributed by atoms with van der Waals surface area (Å²) < 4.78 is 0. The number of fused-ring (bicyclic) bond motifs is 16. The molecule has 0 heteroatoms. The van der Waals surface area contributed by atoms with Gasteiger partial charge >= 0.3 is 0 Å². The zero-order valence-electron chi connectivity index (χ0n) is 50.9. The van der Waals surface area contributed by atoms with E-state index in [0.717, 1.165) is 142 Å². The second-order valence-corrected chi connectivity index (χ2v) is 29.2. The molecular weight excluding hydrogens is 937 g/mol. The van der Waals surface area contributed by atoms with Crippen LogP contribution in [0.3, 0.4) is 0 Å². The predicted octanol–water partition coefficient (Wildman–Crippen LogP) is 22.3. The Balaban J connectivity index is 0.000000109. The van der Waals surface area contributed by atoms with Crippen molar-refractivity contribution in [1.29, 1.82) is 0 Å². The first kappa shape index (κ1) is 59.5. The standard InChI is InChI=1S/2C12H18.2C11H16.4C8H12/c2*1-2-3-4-5-11-8-10-6-7-12(11)9-10;2*1-2-3-4-10-7-9-5-6-11(10)8-9;4*1-6-4-7-2-3-8(6)5-7/h4-7,10-12H,2-3,8-9H2,1H3;2,6-7,10-12H,1,3-5,8-9H2;2-3,5-6,9-11H,4,7-8H2,1H3;2,5-6,9-11H,1,3-4,7-8H2;4*2-3,6-8H,4-5H2,1H3/b5-4+;;3-2+;;;;;. The fourth-order valence-corrected chi connectivity index (χ4v) is 18.5. The molecule has 428 valence electrons. The zero-order chi connectivity index (χ0) is 54.4. The first-order chi connectivity index (χ1) is 38.0. The van der Waals surface area contributed by atoms with E-state index < -0.39 is 0 Å². The largest absolute Gasteiger partial charge is 0.103 e. The van der Waals surface area contributed by atoms with Gasteiger partial charge in [-0.15, -0.1) is 13.2 Å². The van der Waals surface area contributed by atoms with Crippen LogP contribution in [0, 0.1) is 142 Å². The van der Waals surface area contributed by atoms with Gasteiger partial charge < -0.3 is 0 Å². The number of rotatable bonds is 12. The number of hydrogen-bond acceptors (Lipinski definition) is 0. The molecular formula is C78H116. The number of hydrogen-bond donors (Lipinski definition) is 0. The monoisotopic (exact) mass is 1050 g/mol. The van der Waals surface area contributed by atoms with Crippen molar-refractivity contribution < 1.29 is 0 Å². The van der Waals surface area contributed by atoms with Gasteiger partial charge in [0.15, 0.2) is 0 Å². The number of unbranched alkanes of at least 4 members (excludes halogenated alkanes) is 2. The second-order valence-electron chi connectivity index (χ2n) is 29.2. The summed E-state index contributed by atoms with van der Waals surface area (Å²) in [4.78, 5) is 0. The molecule has 0 heterocycles. The van der Waals surface area contributed by atoms with Crippen LogP contribution >= 0.6 is 0 Å². The minimum Gasteiger partial charge on any atom is -0.103 e. The lowest BCUT2D eigenvalue weighted by molar-refractivity contribution is 0.405. The van der Waals surface area contributed by atoms with Crippen molar-refractivity contribution >= 4 is 0 Å². The van der Waals surface area contributed by atoms with Gasteiger partial charge in [-0.05, 0) is 297 Å². The fraction of sp³-hybridized carbons (Fsp3) is 0.692. The average molecular weight is 1050 g/mol. The van der Waals surface area contributed by atoms with Crippen LogP contribution in [0.2, 0.25) is 0 Å². The molecule has 24 unspecified atom stereocenters. The highest BCUT2D eigenvalue weighted by Crippen LogP contribution is 2.49. The van der Waals surface area contributed by atoms with Gasteiger partial charge in [0, 0.05) is 0 Å². The molecule has 0 aromatic carbocycles. The van der Waals surface area contributed by atoms with Crippen LogP contribution in [0.15, 0.2) is 147 Å². The maximum Gasteiger partial charge on any atom is -0.0165 e. The van der Waals surface area contributed by atoms with E-state index in [1.165, 1.54) is 154 Å². The molecule has 0 amide bonds. The lowest BCUT2D eigenvalue weighted by Gasteiger charge is -2.16. The number of allylic oxidation sites excluding steroid dienone is 22. The van der Waals surface area contributed by atoms with Crippen molar-refractivity contribution in [1.82, 2.24) is 0 Å². The van der Waals surface area contributed by atoms with Crippen molar-refractivity contribution in [3.05, 3.63) is 147 Å². The van der Waals surface area contributed by atoms with E-state index in [9.17, 15) is 0 Å². The molecule has 16 aliphatic rings. The Morgan fingerprint density at radius 2 is 0.692 bits per heavy atom. The maximum absolute atomic E-state index is 3.77. The van der Waals surface area contributed by atoms with Crippen LogP contribution in [0.25, 0.3) is 0 Å².